The molecule has 0 unspecified atom stereocenters. The summed E-state index contributed by atoms with van der Waals surface area (Å²) in [7, 11) is 0. The third-order valence-electron chi connectivity index (χ3n) is 1.31. The van der Waals surface area contributed by atoms with Gasteiger partial charge in [-0.3, -0.25) is 0 Å². The lowest BCUT2D eigenvalue weighted by Crippen LogP contribution is -1.84. The van der Waals surface area contributed by atoms with Crippen LogP contribution in [0.2, 0.25) is 0 Å². The first-order chi connectivity index (χ1) is 5.66. The van der Waals surface area contributed by atoms with Crippen molar-refractivity contribution in [3.63, 3.8) is 0 Å². The van der Waals surface area contributed by atoms with Gasteiger partial charge in [-0.1, -0.05) is 11.3 Å². The Kier molecular flexibility index (Phi) is 1.73. The van der Waals surface area contributed by atoms with E-state index >= 15 is 0 Å². The molecule has 2 heterocycles. The van der Waals surface area contributed by atoms with Crippen molar-refractivity contribution in [2.45, 2.75) is 0 Å². The summed E-state index contributed by atoms with van der Waals surface area (Å²) in [6.07, 6.45) is 0. The number of hydrogen-bond donors (Lipinski definition) is 1. The smallest absolute Gasteiger partial charge is 0.182 e. The van der Waals surface area contributed by atoms with Crippen LogP contribution < -0.4 is 5.73 Å². The van der Waals surface area contributed by atoms with Crippen molar-refractivity contribution in [1.29, 1.82) is 0 Å². The Hall–Kier alpha value is -0.750. The number of thiazole rings is 1. The standard InChI is InChI=1S/C6H3BrFN3S/c7-4-2(8)1-3-5(10-4)11-6(9)12-3/h1H,(H2,9,10,11). The molecule has 0 aliphatic carbocycles. The second kappa shape index (κ2) is 2.63. The average molecular weight is 248 g/mol. The van der Waals surface area contributed by atoms with Crippen molar-refractivity contribution >= 4 is 42.7 Å². The van der Waals surface area contributed by atoms with Gasteiger partial charge in [-0.25, -0.2) is 14.4 Å². The van der Waals surface area contributed by atoms with Crippen LogP contribution in [-0.4, -0.2) is 9.97 Å². The van der Waals surface area contributed by atoms with E-state index in [9.17, 15) is 4.39 Å². The third kappa shape index (κ3) is 1.16. The fourth-order valence-electron chi connectivity index (χ4n) is 0.836. The van der Waals surface area contributed by atoms with Gasteiger partial charge in [0.1, 0.15) is 4.60 Å². The number of anilines is 1. The molecule has 3 nitrogen and oxygen atoms in total. The van der Waals surface area contributed by atoms with Crippen LogP contribution in [-0.2, 0) is 0 Å². The van der Waals surface area contributed by atoms with Gasteiger partial charge in [0.15, 0.2) is 16.6 Å². The molecular weight excluding hydrogens is 245 g/mol. The average Bonchev–Trinajstić information content (AvgIpc) is 2.30. The number of nitrogens with two attached hydrogens (primary N) is 1. The first-order valence-electron chi connectivity index (χ1n) is 3.05. The van der Waals surface area contributed by atoms with Crippen LogP contribution in [0.15, 0.2) is 10.7 Å². The summed E-state index contributed by atoms with van der Waals surface area (Å²) < 4.78 is 13.7. The topological polar surface area (TPSA) is 51.8 Å². The summed E-state index contributed by atoms with van der Waals surface area (Å²) in [6, 6.07) is 1.36. The van der Waals surface area contributed by atoms with Gasteiger partial charge in [0.2, 0.25) is 0 Å². The van der Waals surface area contributed by atoms with Crippen molar-refractivity contribution in [3.8, 4) is 0 Å². The van der Waals surface area contributed by atoms with E-state index in [1.165, 1.54) is 17.4 Å². The second-order valence-corrected chi connectivity index (χ2v) is 3.95. The Labute approximate surface area is 79.6 Å². The molecule has 0 spiro atoms. The fourth-order valence-corrected chi connectivity index (χ4v) is 1.82. The minimum absolute atomic E-state index is 0.167. The Balaban J connectivity index is 2.83. The van der Waals surface area contributed by atoms with E-state index in [1.807, 2.05) is 0 Å². The fraction of sp³-hybridized carbons (Fsp3) is 0. The van der Waals surface area contributed by atoms with Gasteiger partial charge in [0.05, 0.1) is 4.70 Å². The SMILES string of the molecule is Nc1nc2nc(Br)c(F)cc2s1. The predicted molar refractivity (Wildman–Crippen MR) is 49.5 cm³/mol. The number of rotatable bonds is 0. The van der Waals surface area contributed by atoms with Gasteiger partial charge in [0, 0.05) is 0 Å². The summed E-state index contributed by atoms with van der Waals surface area (Å²) >= 11 is 4.18. The Morgan fingerprint density at radius 3 is 3.00 bits per heavy atom. The normalized spacial score (nSPS) is 10.8. The molecule has 62 valence electrons. The van der Waals surface area contributed by atoms with Gasteiger partial charge in [0.25, 0.3) is 0 Å². The highest BCUT2D eigenvalue weighted by Gasteiger charge is 2.07. The molecule has 0 aliphatic rings. The van der Waals surface area contributed by atoms with Crippen LogP contribution in [0.1, 0.15) is 0 Å². The van der Waals surface area contributed by atoms with E-state index in [1.54, 1.807) is 0 Å². The molecule has 0 amide bonds. The predicted octanol–water partition coefficient (Wildman–Crippen LogP) is 2.18. The lowest BCUT2D eigenvalue weighted by molar-refractivity contribution is 0.616. The molecule has 0 atom stereocenters. The lowest BCUT2D eigenvalue weighted by atomic mass is 10.5. The minimum atomic E-state index is -0.397. The van der Waals surface area contributed by atoms with Gasteiger partial charge in [-0.15, -0.1) is 0 Å². The summed E-state index contributed by atoms with van der Waals surface area (Å²) in [5, 5.41) is 0.398. The van der Waals surface area contributed by atoms with Crippen molar-refractivity contribution in [1.82, 2.24) is 9.97 Å². The molecule has 0 bridgehead atoms. The zero-order valence-corrected chi connectivity index (χ0v) is 8.12. The van der Waals surface area contributed by atoms with Crippen molar-refractivity contribution in [2.24, 2.45) is 0 Å². The summed E-state index contributed by atoms with van der Waals surface area (Å²) in [5.41, 5.74) is 5.90. The molecule has 2 N–H and O–H groups in total. The molecule has 2 aromatic heterocycles. The summed E-state index contributed by atoms with van der Waals surface area (Å²) in [4.78, 5) is 7.76. The Bertz CT molecular complexity index is 403. The summed E-state index contributed by atoms with van der Waals surface area (Å²) in [6.45, 7) is 0. The molecule has 0 aromatic carbocycles. The molecule has 0 aliphatic heterocycles. The van der Waals surface area contributed by atoms with Crippen molar-refractivity contribution in [2.75, 3.05) is 5.73 Å². The largest absolute Gasteiger partial charge is 0.375 e. The van der Waals surface area contributed by atoms with Crippen LogP contribution in [0.5, 0.6) is 0 Å². The summed E-state index contributed by atoms with van der Waals surface area (Å²) in [5.74, 6) is -0.397. The third-order valence-corrected chi connectivity index (χ3v) is 2.69. The molecular formula is C6H3BrFN3S. The van der Waals surface area contributed by atoms with E-state index in [-0.39, 0.29) is 4.60 Å². The van der Waals surface area contributed by atoms with Gasteiger partial charge >= 0.3 is 0 Å². The van der Waals surface area contributed by atoms with E-state index < -0.39 is 5.82 Å². The number of hydrogen-bond acceptors (Lipinski definition) is 4. The monoisotopic (exact) mass is 247 g/mol. The molecule has 12 heavy (non-hydrogen) atoms. The highest BCUT2D eigenvalue weighted by Crippen LogP contribution is 2.25. The lowest BCUT2D eigenvalue weighted by Gasteiger charge is -1.90. The van der Waals surface area contributed by atoms with Crippen LogP contribution in [0.3, 0.4) is 0 Å². The highest BCUT2D eigenvalue weighted by molar-refractivity contribution is 9.10. The number of pyridine rings is 1. The molecule has 2 rings (SSSR count). The van der Waals surface area contributed by atoms with E-state index in [4.69, 9.17) is 5.73 Å². The Morgan fingerprint density at radius 2 is 2.25 bits per heavy atom. The molecule has 0 radical (unpaired) electrons. The maximum Gasteiger partial charge on any atom is 0.182 e. The molecule has 0 fully saturated rings. The maximum atomic E-state index is 12.9. The first kappa shape index (κ1) is 7.88. The van der Waals surface area contributed by atoms with Gasteiger partial charge in [-0.2, -0.15) is 0 Å². The number of halogens is 2. The minimum Gasteiger partial charge on any atom is -0.375 e. The van der Waals surface area contributed by atoms with Crippen molar-refractivity contribution in [3.05, 3.63) is 16.5 Å². The first-order valence-corrected chi connectivity index (χ1v) is 4.66. The van der Waals surface area contributed by atoms with E-state index in [2.05, 4.69) is 25.9 Å². The van der Waals surface area contributed by atoms with Crippen LogP contribution in [0.25, 0.3) is 10.3 Å². The quantitative estimate of drug-likeness (QED) is 0.727. The highest BCUT2D eigenvalue weighted by atomic mass is 79.9. The van der Waals surface area contributed by atoms with Gasteiger partial charge < -0.3 is 5.73 Å². The molecule has 0 saturated carbocycles. The van der Waals surface area contributed by atoms with E-state index in [0.717, 1.165) is 0 Å². The van der Waals surface area contributed by atoms with Crippen molar-refractivity contribution < 1.29 is 4.39 Å². The number of fused-ring (bicyclic) bond motifs is 1. The Morgan fingerprint density at radius 1 is 1.50 bits per heavy atom. The second-order valence-electron chi connectivity index (χ2n) is 2.13. The molecule has 2 aromatic rings. The van der Waals surface area contributed by atoms with Crippen LogP contribution in [0, 0.1) is 5.82 Å². The maximum absolute atomic E-state index is 12.9. The molecule has 0 saturated heterocycles. The number of aromatic nitrogens is 2. The van der Waals surface area contributed by atoms with Crippen LogP contribution >= 0.6 is 27.3 Å². The molecule has 6 heteroatoms. The van der Waals surface area contributed by atoms with E-state index in [0.29, 0.717) is 15.5 Å². The van der Waals surface area contributed by atoms with Gasteiger partial charge in [-0.05, 0) is 22.0 Å². The zero-order valence-electron chi connectivity index (χ0n) is 5.71. The van der Waals surface area contributed by atoms with Crippen LogP contribution in [0.4, 0.5) is 9.52 Å². The number of nitrogen functional groups attached to an aromatic ring is 1. The number of nitrogens with zero attached hydrogens (tertiary/aromatic N) is 2. The zero-order chi connectivity index (χ0) is 8.72.